The Bertz CT molecular complexity index is 575. The fourth-order valence-corrected chi connectivity index (χ4v) is 1.94. The Morgan fingerprint density at radius 2 is 2.20 bits per heavy atom. The van der Waals surface area contributed by atoms with Gasteiger partial charge < -0.3 is 10.4 Å². The molecule has 1 aromatic carbocycles. The van der Waals surface area contributed by atoms with Gasteiger partial charge in [0.2, 0.25) is 0 Å². The Kier molecular flexibility index (Phi) is 3.89. The number of nitriles is 1. The molecule has 0 bridgehead atoms. The van der Waals surface area contributed by atoms with Crippen LogP contribution in [0.5, 0.6) is 0 Å². The lowest BCUT2D eigenvalue weighted by Gasteiger charge is -2.21. The highest BCUT2D eigenvalue weighted by Gasteiger charge is 2.37. The SMILES string of the molecule is CN(C(=O)NC(C(=O)O)C1CC1)c1cccc(C#N)c1. The minimum absolute atomic E-state index is 0.0234. The topological polar surface area (TPSA) is 93.4 Å². The molecule has 104 valence electrons. The highest BCUT2D eigenvalue weighted by molar-refractivity contribution is 5.94. The molecule has 1 atom stereocenters. The first-order chi connectivity index (χ1) is 9.52. The highest BCUT2D eigenvalue weighted by atomic mass is 16.4. The number of amides is 2. The number of carboxylic acids is 1. The fourth-order valence-electron chi connectivity index (χ4n) is 1.94. The van der Waals surface area contributed by atoms with Crippen LogP contribution in [0.1, 0.15) is 18.4 Å². The number of anilines is 1. The number of nitrogens with zero attached hydrogens (tertiary/aromatic N) is 2. The molecule has 0 aliphatic heterocycles. The molecule has 1 saturated carbocycles. The standard InChI is InChI=1S/C14H15N3O3/c1-17(11-4-2-3-9(7-11)8-15)14(20)16-12(13(18)19)10-5-6-10/h2-4,7,10,12H,5-6H2,1H3,(H,16,20)(H,18,19). The van der Waals surface area contributed by atoms with E-state index in [0.29, 0.717) is 11.3 Å². The molecule has 6 heteroatoms. The summed E-state index contributed by atoms with van der Waals surface area (Å²) in [4.78, 5) is 24.5. The zero-order valence-corrected chi connectivity index (χ0v) is 11.0. The number of carboxylic acid groups (broad SMARTS) is 1. The molecule has 1 aromatic rings. The van der Waals surface area contributed by atoms with E-state index in [0.717, 1.165) is 12.8 Å². The van der Waals surface area contributed by atoms with Crippen LogP contribution in [0.2, 0.25) is 0 Å². The molecule has 0 heterocycles. The summed E-state index contributed by atoms with van der Waals surface area (Å²) < 4.78 is 0. The van der Waals surface area contributed by atoms with Crippen molar-refractivity contribution in [3.8, 4) is 6.07 Å². The van der Waals surface area contributed by atoms with Crippen LogP contribution in [-0.4, -0.2) is 30.2 Å². The van der Waals surface area contributed by atoms with Gasteiger partial charge in [-0.2, -0.15) is 5.26 Å². The van der Waals surface area contributed by atoms with Gasteiger partial charge in [-0.3, -0.25) is 4.90 Å². The zero-order valence-electron chi connectivity index (χ0n) is 11.0. The van der Waals surface area contributed by atoms with E-state index in [9.17, 15) is 9.59 Å². The van der Waals surface area contributed by atoms with Crippen molar-refractivity contribution in [1.29, 1.82) is 5.26 Å². The molecule has 1 aliphatic rings. The van der Waals surface area contributed by atoms with Crippen LogP contribution in [0.25, 0.3) is 0 Å². The summed E-state index contributed by atoms with van der Waals surface area (Å²) in [7, 11) is 1.54. The van der Waals surface area contributed by atoms with E-state index in [1.807, 2.05) is 6.07 Å². The summed E-state index contributed by atoms with van der Waals surface area (Å²) in [5.74, 6) is -0.990. The molecule has 0 aromatic heterocycles. The lowest BCUT2D eigenvalue weighted by Crippen LogP contribution is -2.48. The van der Waals surface area contributed by atoms with E-state index in [4.69, 9.17) is 10.4 Å². The molecule has 1 unspecified atom stereocenters. The Labute approximate surface area is 116 Å². The van der Waals surface area contributed by atoms with Gasteiger partial charge in [0.1, 0.15) is 6.04 Å². The summed E-state index contributed by atoms with van der Waals surface area (Å²) in [6.07, 6.45) is 1.65. The largest absolute Gasteiger partial charge is 0.480 e. The molecule has 2 amide bonds. The zero-order chi connectivity index (χ0) is 14.7. The second kappa shape index (κ2) is 5.61. The third kappa shape index (κ3) is 3.06. The summed E-state index contributed by atoms with van der Waals surface area (Å²) in [6, 6.07) is 7.24. The minimum Gasteiger partial charge on any atom is -0.480 e. The Morgan fingerprint density at radius 1 is 1.50 bits per heavy atom. The van der Waals surface area contributed by atoms with Gasteiger partial charge in [-0.1, -0.05) is 6.07 Å². The summed E-state index contributed by atoms with van der Waals surface area (Å²) in [5, 5.41) is 20.4. The highest BCUT2D eigenvalue weighted by Crippen LogP contribution is 2.32. The molecule has 0 radical (unpaired) electrons. The maximum Gasteiger partial charge on any atom is 0.326 e. The molecule has 0 saturated heterocycles. The minimum atomic E-state index is -1.01. The quantitative estimate of drug-likeness (QED) is 0.870. The van der Waals surface area contributed by atoms with Gasteiger partial charge in [-0.15, -0.1) is 0 Å². The molecule has 6 nitrogen and oxygen atoms in total. The van der Waals surface area contributed by atoms with E-state index in [1.54, 1.807) is 24.3 Å². The van der Waals surface area contributed by atoms with Crippen molar-refractivity contribution < 1.29 is 14.7 Å². The fraction of sp³-hybridized carbons (Fsp3) is 0.357. The van der Waals surface area contributed by atoms with E-state index in [1.165, 1.54) is 11.9 Å². The van der Waals surface area contributed by atoms with Gasteiger partial charge in [-0.05, 0) is 37.0 Å². The van der Waals surface area contributed by atoms with Crippen LogP contribution in [-0.2, 0) is 4.79 Å². The lowest BCUT2D eigenvalue weighted by atomic mass is 10.2. The lowest BCUT2D eigenvalue weighted by molar-refractivity contribution is -0.139. The number of carbonyl (C=O) groups is 2. The van der Waals surface area contributed by atoms with Gasteiger partial charge in [0.05, 0.1) is 11.6 Å². The van der Waals surface area contributed by atoms with Crippen LogP contribution in [0, 0.1) is 17.2 Å². The smallest absolute Gasteiger partial charge is 0.326 e. The number of benzene rings is 1. The maximum absolute atomic E-state index is 12.1. The van der Waals surface area contributed by atoms with Crippen molar-refractivity contribution in [2.24, 2.45) is 5.92 Å². The molecule has 20 heavy (non-hydrogen) atoms. The predicted molar refractivity (Wildman–Crippen MR) is 72.2 cm³/mol. The first kappa shape index (κ1) is 13.9. The van der Waals surface area contributed by atoms with Gasteiger partial charge >= 0.3 is 12.0 Å². The molecule has 1 aliphatic carbocycles. The number of urea groups is 1. The molecular formula is C14H15N3O3. The summed E-state index contributed by atoms with van der Waals surface area (Å²) in [6.45, 7) is 0. The van der Waals surface area contributed by atoms with Crippen LogP contribution >= 0.6 is 0 Å². The molecule has 2 rings (SSSR count). The van der Waals surface area contributed by atoms with Crippen LogP contribution in [0.3, 0.4) is 0 Å². The van der Waals surface area contributed by atoms with E-state index >= 15 is 0 Å². The second-order valence-corrected chi connectivity index (χ2v) is 4.82. The number of nitrogens with one attached hydrogen (secondary N) is 1. The van der Waals surface area contributed by atoms with E-state index < -0.39 is 18.0 Å². The Hall–Kier alpha value is -2.55. The van der Waals surface area contributed by atoms with Crippen molar-refractivity contribution in [2.75, 3.05) is 11.9 Å². The Balaban J connectivity index is 2.07. The first-order valence-electron chi connectivity index (χ1n) is 6.30. The van der Waals surface area contributed by atoms with Gasteiger partial charge in [0.15, 0.2) is 0 Å². The van der Waals surface area contributed by atoms with Gasteiger partial charge in [0, 0.05) is 12.7 Å². The number of carbonyl (C=O) groups excluding carboxylic acids is 1. The van der Waals surface area contributed by atoms with Crippen molar-refractivity contribution in [2.45, 2.75) is 18.9 Å². The van der Waals surface area contributed by atoms with Crippen molar-refractivity contribution in [3.63, 3.8) is 0 Å². The molecule has 1 fully saturated rings. The maximum atomic E-state index is 12.1. The first-order valence-corrected chi connectivity index (χ1v) is 6.30. The average molecular weight is 273 g/mol. The van der Waals surface area contributed by atoms with E-state index in [2.05, 4.69) is 5.32 Å². The third-order valence-corrected chi connectivity index (χ3v) is 3.31. The van der Waals surface area contributed by atoms with Crippen LogP contribution < -0.4 is 10.2 Å². The summed E-state index contributed by atoms with van der Waals surface area (Å²) >= 11 is 0. The van der Waals surface area contributed by atoms with Crippen molar-refractivity contribution in [1.82, 2.24) is 5.32 Å². The number of hydrogen-bond acceptors (Lipinski definition) is 3. The summed E-state index contributed by atoms with van der Waals surface area (Å²) in [5.41, 5.74) is 0.987. The number of aliphatic carboxylic acids is 1. The van der Waals surface area contributed by atoms with Crippen molar-refractivity contribution >= 4 is 17.7 Å². The van der Waals surface area contributed by atoms with E-state index in [-0.39, 0.29) is 5.92 Å². The monoisotopic (exact) mass is 273 g/mol. The predicted octanol–water partition coefficient (Wildman–Crippen LogP) is 1.57. The third-order valence-electron chi connectivity index (χ3n) is 3.31. The van der Waals surface area contributed by atoms with Gasteiger partial charge in [-0.25, -0.2) is 9.59 Å². The second-order valence-electron chi connectivity index (χ2n) is 4.82. The normalized spacial score (nSPS) is 15.0. The average Bonchev–Trinajstić information content (AvgIpc) is 3.27. The number of rotatable bonds is 4. The van der Waals surface area contributed by atoms with Crippen LogP contribution in [0.15, 0.2) is 24.3 Å². The molecule has 0 spiro atoms. The van der Waals surface area contributed by atoms with Crippen LogP contribution in [0.4, 0.5) is 10.5 Å². The number of hydrogen-bond donors (Lipinski definition) is 2. The molecule has 2 N–H and O–H groups in total. The van der Waals surface area contributed by atoms with Gasteiger partial charge in [0.25, 0.3) is 0 Å². The molecular weight excluding hydrogens is 258 g/mol. The van der Waals surface area contributed by atoms with Crippen molar-refractivity contribution in [3.05, 3.63) is 29.8 Å². The Morgan fingerprint density at radius 3 is 2.75 bits per heavy atom.